The number of anilines is 1. The number of amides is 1. The van der Waals surface area contributed by atoms with Gasteiger partial charge in [0, 0.05) is 11.8 Å². The second kappa shape index (κ2) is 9.66. The average molecular weight is 406 g/mol. The first-order valence-corrected chi connectivity index (χ1v) is 8.48. The molecule has 0 heterocycles. The summed E-state index contributed by atoms with van der Waals surface area (Å²) in [6.07, 6.45) is 2.93. The standard InChI is InChI=1S/C20H20ClNO6/c1-25-16-9-12(10-17(26-2)19(16)27-3)5-8-18(23)22-13-6-7-15(21)14(11-13)20(24)28-4/h5-11H,1-4H3,(H,22,23)/b8-5+. The molecule has 1 amide bonds. The molecule has 28 heavy (non-hydrogen) atoms. The Morgan fingerprint density at radius 2 is 1.61 bits per heavy atom. The van der Waals surface area contributed by atoms with E-state index in [1.807, 2.05) is 0 Å². The molecule has 1 N–H and O–H groups in total. The summed E-state index contributed by atoms with van der Waals surface area (Å²) >= 11 is 5.97. The number of carbonyl (C=O) groups excluding carboxylic acids is 2. The summed E-state index contributed by atoms with van der Waals surface area (Å²) < 4.78 is 20.5. The number of esters is 1. The van der Waals surface area contributed by atoms with E-state index >= 15 is 0 Å². The van der Waals surface area contributed by atoms with E-state index < -0.39 is 11.9 Å². The van der Waals surface area contributed by atoms with Crippen molar-refractivity contribution in [3.63, 3.8) is 0 Å². The van der Waals surface area contributed by atoms with Gasteiger partial charge in [0.2, 0.25) is 11.7 Å². The molecular weight excluding hydrogens is 386 g/mol. The Morgan fingerprint density at radius 3 is 2.14 bits per heavy atom. The highest BCUT2D eigenvalue weighted by atomic mass is 35.5. The zero-order valence-corrected chi connectivity index (χ0v) is 16.6. The highest BCUT2D eigenvalue weighted by Gasteiger charge is 2.13. The molecule has 148 valence electrons. The molecule has 0 aliphatic carbocycles. The average Bonchev–Trinajstić information content (AvgIpc) is 2.72. The number of nitrogens with one attached hydrogen (secondary N) is 1. The molecule has 0 atom stereocenters. The van der Waals surface area contributed by atoms with Gasteiger partial charge in [0.05, 0.1) is 39.0 Å². The molecule has 2 rings (SSSR count). The van der Waals surface area contributed by atoms with Crippen LogP contribution >= 0.6 is 11.6 Å². The summed E-state index contributed by atoms with van der Waals surface area (Å²) in [5.41, 5.74) is 1.25. The zero-order chi connectivity index (χ0) is 20.7. The fourth-order valence-electron chi connectivity index (χ4n) is 2.42. The molecule has 0 saturated carbocycles. The SMILES string of the molecule is COC(=O)c1cc(NC(=O)/C=C/c2cc(OC)c(OC)c(OC)c2)ccc1Cl. The van der Waals surface area contributed by atoms with Crippen molar-refractivity contribution in [2.75, 3.05) is 33.8 Å². The van der Waals surface area contributed by atoms with Crippen molar-refractivity contribution in [3.05, 3.63) is 52.6 Å². The molecule has 2 aromatic carbocycles. The van der Waals surface area contributed by atoms with E-state index in [0.29, 0.717) is 28.5 Å². The third-order valence-corrected chi connectivity index (χ3v) is 4.08. The maximum atomic E-state index is 12.2. The van der Waals surface area contributed by atoms with Crippen LogP contribution in [0.5, 0.6) is 17.2 Å². The second-order valence-electron chi connectivity index (χ2n) is 5.47. The van der Waals surface area contributed by atoms with Gasteiger partial charge in [-0.15, -0.1) is 0 Å². The minimum atomic E-state index is -0.589. The van der Waals surface area contributed by atoms with Crippen molar-refractivity contribution >= 4 is 35.2 Å². The summed E-state index contributed by atoms with van der Waals surface area (Å²) in [5.74, 6) is 0.425. The Morgan fingerprint density at radius 1 is 0.964 bits per heavy atom. The van der Waals surface area contributed by atoms with Crippen molar-refractivity contribution < 1.29 is 28.5 Å². The third-order valence-electron chi connectivity index (χ3n) is 3.75. The summed E-state index contributed by atoms with van der Waals surface area (Å²) in [6, 6.07) is 7.96. The normalized spacial score (nSPS) is 10.5. The van der Waals surface area contributed by atoms with Gasteiger partial charge in [-0.3, -0.25) is 4.79 Å². The number of hydrogen-bond acceptors (Lipinski definition) is 6. The lowest BCUT2D eigenvalue weighted by Crippen LogP contribution is -2.09. The van der Waals surface area contributed by atoms with Gasteiger partial charge in [-0.25, -0.2) is 4.79 Å². The summed E-state index contributed by atoms with van der Waals surface area (Å²) in [7, 11) is 5.79. The Hall–Kier alpha value is -3.19. The van der Waals surface area contributed by atoms with Gasteiger partial charge in [-0.2, -0.15) is 0 Å². The summed E-state index contributed by atoms with van der Waals surface area (Å²) in [6.45, 7) is 0. The molecule has 0 bridgehead atoms. The number of hydrogen-bond donors (Lipinski definition) is 1. The van der Waals surface area contributed by atoms with E-state index in [1.165, 1.54) is 46.6 Å². The monoisotopic (exact) mass is 405 g/mol. The predicted octanol–water partition coefficient (Wildman–Crippen LogP) is 3.80. The molecule has 0 saturated heterocycles. The van der Waals surface area contributed by atoms with Crippen LogP contribution in [0.25, 0.3) is 6.08 Å². The fraction of sp³-hybridized carbons (Fsp3) is 0.200. The van der Waals surface area contributed by atoms with Crippen LogP contribution in [0, 0.1) is 0 Å². The first-order chi connectivity index (χ1) is 13.4. The first kappa shape index (κ1) is 21.1. The lowest BCUT2D eigenvalue weighted by Gasteiger charge is -2.12. The lowest BCUT2D eigenvalue weighted by atomic mass is 10.1. The van der Waals surface area contributed by atoms with E-state index in [1.54, 1.807) is 24.3 Å². The molecule has 0 unspecified atom stereocenters. The van der Waals surface area contributed by atoms with Crippen LogP contribution in [0.15, 0.2) is 36.4 Å². The van der Waals surface area contributed by atoms with Gasteiger partial charge in [-0.05, 0) is 42.0 Å². The number of rotatable bonds is 7. The molecule has 0 radical (unpaired) electrons. The van der Waals surface area contributed by atoms with Gasteiger partial charge < -0.3 is 24.3 Å². The lowest BCUT2D eigenvalue weighted by molar-refractivity contribution is -0.111. The van der Waals surface area contributed by atoms with Crippen LogP contribution in [0.1, 0.15) is 15.9 Å². The molecule has 0 fully saturated rings. The van der Waals surface area contributed by atoms with Gasteiger partial charge in [-0.1, -0.05) is 11.6 Å². The maximum Gasteiger partial charge on any atom is 0.339 e. The van der Waals surface area contributed by atoms with Crippen LogP contribution in [-0.2, 0) is 9.53 Å². The molecular formula is C20H20ClNO6. The van der Waals surface area contributed by atoms with Crippen molar-refractivity contribution in [2.24, 2.45) is 0 Å². The van der Waals surface area contributed by atoms with E-state index in [9.17, 15) is 9.59 Å². The van der Waals surface area contributed by atoms with E-state index in [-0.39, 0.29) is 10.6 Å². The number of halogens is 1. The van der Waals surface area contributed by atoms with Crippen LogP contribution < -0.4 is 19.5 Å². The van der Waals surface area contributed by atoms with Crippen molar-refractivity contribution in [1.82, 2.24) is 0 Å². The summed E-state index contributed by atoms with van der Waals surface area (Å²) in [5, 5.41) is 2.89. The second-order valence-corrected chi connectivity index (χ2v) is 5.87. The van der Waals surface area contributed by atoms with Crippen LogP contribution in [0.4, 0.5) is 5.69 Å². The quantitative estimate of drug-likeness (QED) is 0.557. The van der Waals surface area contributed by atoms with E-state index in [4.69, 9.17) is 25.8 Å². The Bertz CT molecular complexity index is 885. The third kappa shape index (κ3) is 4.95. The highest BCUT2D eigenvalue weighted by Crippen LogP contribution is 2.38. The maximum absolute atomic E-state index is 12.2. The number of benzene rings is 2. The van der Waals surface area contributed by atoms with Crippen LogP contribution in [-0.4, -0.2) is 40.3 Å². The highest BCUT2D eigenvalue weighted by molar-refractivity contribution is 6.33. The Balaban J connectivity index is 2.19. The molecule has 0 aliphatic heterocycles. The zero-order valence-electron chi connectivity index (χ0n) is 15.9. The molecule has 7 nitrogen and oxygen atoms in total. The molecule has 0 spiro atoms. The van der Waals surface area contributed by atoms with Crippen molar-refractivity contribution in [3.8, 4) is 17.2 Å². The number of carbonyl (C=O) groups is 2. The first-order valence-electron chi connectivity index (χ1n) is 8.10. The topological polar surface area (TPSA) is 83.1 Å². The minimum absolute atomic E-state index is 0.163. The molecule has 2 aromatic rings. The van der Waals surface area contributed by atoms with E-state index in [2.05, 4.69) is 10.1 Å². The van der Waals surface area contributed by atoms with Crippen molar-refractivity contribution in [2.45, 2.75) is 0 Å². The smallest absolute Gasteiger partial charge is 0.339 e. The molecule has 8 heteroatoms. The number of ether oxygens (including phenoxy) is 4. The van der Waals surface area contributed by atoms with Gasteiger partial charge in [0.1, 0.15) is 0 Å². The van der Waals surface area contributed by atoms with Crippen LogP contribution in [0.3, 0.4) is 0 Å². The van der Waals surface area contributed by atoms with Gasteiger partial charge in [0.25, 0.3) is 0 Å². The Kier molecular flexibility index (Phi) is 7.28. The van der Waals surface area contributed by atoms with Gasteiger partial charge in [0.15, 0.2) is 11.5 Å². The fourth-order valence-corrected chi connectivity index (χ4v) is 2.62. The van der Waals surface area contributed by atoms with Crippen molar-refractivity contribution in [1.29, 1.82) is 0 Å². The predicted molar refractivity (Wildman–Crippen MR) is 107 cm³/mol. The summed E-state index contributed by atoms with van der Waals surface area (Å²) in [4.78, 5) is 23.9. The van der Waals surface area contributed by atoms with Crippen LogP contribution in [0.2, 0.25) is 5.02 Å². The largest absolute Gasteiger partial charge is 0.493 e. The Labute approximate surface area is 167 Å². The van der Waals surface area contributed by atoms with E-state index in [0.717, 1.165) is 0 Å². The number of methoxy groups -OCH3 is 4. The minimum Gasteiger partial charge on any atom is -0.493 e. The molecule has 0 aliphatic rings. The molecule has 0 aromatic heterocycles. The van der Waals surface area contributed by atoms with Gasteiger partial charge >= 0.3 is 5.97 Å².